The van der Waals surface area contributed by atoms with Gasteiger partial charge < -0.3 is 9.64 Å². The van der Waals surface area contributed by atoms with E-state index < -0.39 is 18.4 Å². The van der Waals surface area contributed by atoms with Crippen molar-refractivity contribution < 1.29 is 21.9 Å². The van der Waals surface area contributed by atoms with Crippen LogP contribution in [0.4, 0.5) is 0 Å². The topological polar surface area (TPSA) is 96.8 Å². The maximum atomic E-state index is 13.2. The van der Waals surface area contributed by atoms with Crippen molar-refractivity contribution in [1.29, 1.82) is 0 Å². The number of aromatic nitrogens is 2. The Morgan fingerprint density at radius 3 is 2.77 bits per heavy atom. The predicted octanol–water partition coefficient (Wildman–Crippen LogP) is 2.77. The van der Waals surface area contributed by atoms with Crippen molar-refractivity contribution >= 4 is 17.7 Å². The average molecular weight is 528 g/mol. The second-order valence-corrected chi connectivity index (χ2v) is 11.0. The number of hydrogen-bond donors (Lipinski definition) is 1. The van der Waals surface area contributed by atoms with E-state index in [-0.39, 0.29) is 30.2 Å². The summed E-state index contributed by atoms with van der Waals surface area (Å²) < 4.78 is 26.1. The van der Waals surface area contributed by atoms with Crippen LogP contribution in [0.25, 0.3) is 11.1 Å². The van der Waals surface area contributed by atoms with Crippen molar-refractivity contribution in [3.63, 3.8) is 0 Å². The lowest BCUT2D eigenvalue weighted by atomic mass is 9.74. The van der Waals surface area contributed by atoms with Crippen molar-refractivity contribution in [2.45, 2.75) is 50.2 Å². The highest BCUT2D eigenvalue weighted by Gasteiger charge is 2.47. The number of aryl methyl sites for hydroxylation is 1. The van der Waals surface area contributed by atoms with Crippen molar-refractivity contribution in [2.24, 2.45) is 7.05 Å². The lowest BCUT2D eigenvalue weighted by Crippen LogP contribution is -2.52. The fourth-order valence-electron chi connectivity index (χ4n) is 6.47. The Balaban J connectivity index is 1.10. The zero-order valence-electron chi connectivity index (χ0n) is 23.8. The summed E-state index contributed by atoms with van der Waals surface area (Å²) in [5, 5.41) is 6.59. The number of ether oxygens (including phenoxy) is 1. The van der Waals surface area contributed by atoms with Gasteiger partial charge in [-0.2, -0.15) is 5.10 Å². The molecule has 2 fully saturated rings. The van der Waals surface area contributed by atoms with Crippen LogP contribution in [-0.4, -0.2) is 63.0 Å². The summed E-state index contributed by atoms with van der Waals surface area (Å²) in [7, 11) is 1.86. The minimum atomic E-state index is -1.64. The number of carbonyl (C=O) groups excluding carboxylic acids is 3. The molecule has 5 heterocycles. The number of likely N-dealkylation sites (tertiary alicyclic amines) is 1. The predicted molar refractivity (Wildman–Crippen MR) is 143 cm³/mol. The molecule has 0 saturated carbocycles. The molecular weight excluding hydrogens is 494 g/mol. The van der Waals surface area contributed by atoms with Crippen LogP contribution in [0.1, 0.15) is 55.5 Å². The number of carbonyl (C=O) groups is 3. The number of fused-ring (bicyclic) bond motifs is 4. The fourth-order valence-corrected chi connectivity index (χ4v) is 6.47. The molecule has 0 radical (unpaired) electrons. The van der Waals surface area contributed by atoms with E-state index in [1.54, 1.807) is 15.8 Å². The zero-order chi connectivity index (χ0) is 28.5. The first kappa shape index (κ1) is 21.9. The van der Waals surface area contributed by atoms with Crippen LogP contribution in [0.15, 0.2) is 48.8 Å². The molecule has 2 saturated heterocycles. The molecule has 0 bridgehead atoms. The molecule has 2 aromatic carbocycles. The Kier molecular flexibility index (Phi) is 5.08. The van der Waals surface area contributed by atoms with Crippen LogP contribution in [0.2, 0.25) is 0 Å². The third-order valence-electron chi connectivity index (χ3n) is 8.64. The number of amides is 3. The second kappa shape index (κ2) is 9.05. The Bertz CT molecular complexity index is 1590. The van der Waals surface area contributed by atoms with Crippen LogP contribution in [0, 0.1) is 0 Å². The number of imide groups is 1. The van der Waals surface area contributed by atoms with E-state index in [2.05, 4.69) is 10.4 Å². The van der Waals surface area contributed by atoms with Crippen LogP contribution >= 0.6 is 0 Å². The number of nitrogens with one attached hydrogen (secondary N) is 1. The van der Waals surface area contributed by atoms with Gasteiger partial charge in [0.2, 0.25) is 11.8 Å². The molecule has 200 valence electrons. The maximum Gasteiger partial charge on any atom is 0.255 e. The number of piperidine rings is 2. The highest BCUT2D eigenvalue weighted by molar-refractivity contribution is 6.05. The third kappa shape index (κ3) is 4.03. The van der Waals surface area contributed by atoms with E-state index >= 15 is 0 Å². The van der Waals surface area contributed by atoms with Crippen molar-refractivity contribution in [1.82, 2.24) is 24.9 Å². The van der Waals surface area contributed by atoms with Crippen molar-refractivity contribution in [2.75, 3.05) is 19.7 Å². The number of rotatable bonds is 4. The highest BCUT2D eigenvalue weighted by Crippen LogP contribution is 2.49. The average Bonchev–Trinajstić information content (AvgIpc) is 3.65. The summed E-state index contributed by atoms with van der Waals surface area (Å²) in [6, 6.07) is 10.8. The van der Waals surface area contributed by atoms with Crippen LogP contribution in [0.5, 0.6) is 5.75 Å². The molecule has 0 unspecified atom stereocenters. The standard InChI is InChI=1S/C30H31N5O4/c1-33-16-21(14-31-33)20-4-2-3-19(13-20)15-34-11-9-30(10-12-34)18-39-27-23-17-35(25-7-8-26(36)32-28(25)37)29(38)22(23)5-6-24(27)30/h2-6,13-14,16,25H,7-12,15,17-18H2,1H3,(H,32,36,37)/t25-/m0/s1/i15D2. The SMILES string of the molecule is [2H]C([2H])(c1cccc(-c2cnn(C)c2)c1)N1CCC2(CC1)COc1c2ccc2c1CN([C@H]1CCC(=O)NC1=O)C2=O. The van der Waals surface area contributed by atoms with Gasteiger partial charge in [-0.15, -0.1) is 0 Å². The van der Waals surface area contributed by atoms with Crippen molar-refractivity contribution in [3.05, 3.63) is 71.0 Å². The molecule has 1 atom stereocenters. The van der Waals surface area contributed by atoms with Crippen molar-refractivity contribution in [3.8, 4) is 16.9 Å². The van der Waals surface area contributed by atoms with Gasteiger partial charge in [0, 0.05) is 56.6 Å². The Morgan fingerprint density at radius 2 is 2.00 bits per heavy atom. The number of nitrogens with zero attached hydrogens (tertiary/aromatic N) is 4. The molecule has 4 aliphatic heterocycles. The van der Waals surface area contributed by atoms with Crippen LogP contribution < -0.4 is 10.1 Å². The summed E-state index contributed by atoms with van der Waals surface area (Å²) in [5.41, 5.74) is 4.66. The summed E-state index contributed by atoms with van der Waals surface area (Å²) in [6.07, 6.45) is 5.69. The Labute approximate surface area is 229 Å². The maximum absolute atomic E-state index is 13.2. The Morgan fingerprint density at radius 1 is 1.15 bits per heavy atom. The molecule has 3 aromatic rings. The number of hydrogen-bond acceptors (Lipinski definition) is 6. The van der Waals surface area contributed by atoms with Gasteiger partial charge in [0.1, 0.15) is 11.8 Å². The second-order valence-electron chi connectivity index (χ2n) is 11.0. The molecule has 1 aromatic heterocycles. The molecular formula is C30H31N5O4. The largest absolute Gasteiger partial charge is 0.492 e. The van der Waals surface area contributed by atoms with E-state index in [9.17, 15) is 14.4 Å². The summed E-state index contributed by atoms with van der Waals surface area (Å²) in [5.74, 6) is -0.216. The van der Waals surface area contributed by atoms with Crippen LogP contribution in [0.3, 0.4) is 0 Å². The minimum absolute atomic E-state index is 0.210. The quantitative estimate of drug-likeness (QED) is 0.525. The van der Waals surface area contributed by atoms with Gasteiger partial charge in [0.15, 0.2) is 0 Å². The molecule has 9 nitrogen and oxygen atoms in total. The van der Waals surface area contributed by atoms with E-state index in [0.717, 1.165) is 40.8 Å². The molecule has 9 heteroatoms. The lowest BCUT2D eigenvalue weighted by molar-refractivity contribution is -0.136. The van der Waals surface area contributed by atoms with Gasteiger partial charge >= 0.3 is 0 Å². The molecule has 7 rings (SSSR count). The zero-order valence-corrected chi connectivity index (χ0v) is 21.8. The molecule has 0 aliphatic carbocycles. The first-order valence-corrected chi connectivity index (χ1v) is 13.4. The lowest BCUT2D eigenvalue weighted by Gasteiger charge is -2.38. The monoisotopic (exact) mass is 527 g/mol. The first-order chi connectivity index (χ1) is 19.7. The molecule has 3 amide bonds. The summed E-state index contributed by atoms with van der Waals surface area (Å²) >= 11 is 0. The van der Waals surface area contributed by atoms with E-state index in [4.69, 9.17) is 7.48 Å². The fraction of sp³-hybridized carbons (Fsp3) is 0.400. The molecule has 4 aliphatic rings. The van der Waals surface area contributed by atoms with E-state index in [1.165, 1.54) is 0 Å². The first-order valence-electron chi connectivity index (χ1n) is 14.4. The smallest absolute Gasteiger partial charge is 0.255 e. The molecule has 1 spiro atoms. The van der Waals surface area contributed by atoms with Gasteiger partial charge in [-0.05, 0) is 55.6 Å². The normalized spacial score (nSPS) is 23.3. The Hall–Kier alpha value is -3.98. The van der Waals surface area contributed by atoms with Gasteiger partial charge in [-0.25, -0.2) is 0 Å². The number of benzene rings is 2. The van der Waals surface area contributed by atoms with Gasteiger partial charge in [0.05, 0.1) is 19.3 Å². The van der Waals surface area contributed by atoms with E-state index in [1.807, 2.05) is 54.5 Å². The summed E-state index contributed by atoms with van der Waals surface area (Å²) in [6.45, 7) is 0.242. The molecule has 39 heavy (non-hydrogen) atoms. The summed E-state index contributed by atoms with van der Waals surface area (Å²) in [4.78, 5) is 40.8. The van der Waals surface area contributed by atoms with Crippen LogP contribution in [-0.2, 0) is 35.1 Å². The highest BCUT2D eigenvalue weighted by atomic mass is 16.5. The molecule has 1 N–H and O–H groups in total. The van der Waals surface area contributed by atoms with Gasteiger partial charge in [-0.1, -0.05) is 24.3 Å². The third-order valence-corrected chi connectivity index (χ3v) is 8.64. The minimum Gasteiger partial charge on any atom is -0.492 e. The van der Waals surface area contributed by atoms with Gasteiger partial charge in [-0.3, -0.25) is 29.3 Å². The van der Waals surface area contributed by atoms with E-state index in [0.29, 0.717) is 37.2 Å². The van der Waals surface area contributed by atoms with Gasteiger partial charge in [0.25, 0.3) is 5.91 Å².